The van der Waals surface area contributed by atoms with Crippen molar-refractivity contribution in [2.24, 2.45) is 0 Å². The predicted molar refractivity (Wildman–Crippen MR) is 99.3 cm³/mol. The Morgan fingerprint density at radius 3 is 2.52 bits per heavy atom. The van der Waals surface area contributed by atoms with Crippen LogP contribution in [0.25, 0.3) is 6.08 Å². The van der Waals surface area contributed by atoms with Crippen molar-refractivity contribution in [2.45, 2.75) is 6.61 Å². The van der Waals surface area contributed by atoms with Crippen molar-refractivity contribution in [3.05, 3.63) is 63.9 Å². The molecule has 2 rings (SSSR count). The summed E-state index contributed by atoms with van der Waals surface area (Å²) in [4.78, 5) is 0. The fourth-order valence-electron chi connectivity index (χ4n) is 2.08. The van der Waals surface area contributed by atoms with Crippen molar-refractivity contribution in [2.75, 3.05) is 19.6 Å². The molecule has 0 fully saturated rings. The summed E-state index contributed by atoms with van der Waals surface area (Å²) in [7, 11) is 0.584. The van der Waals surface area contributed by atoms with Gasteiger partial charge in [0.25, 0.3) is 0 Å². The van der Waals surface area contributed by atoms with Crippen molar-refractivity contribution < 1.29 is 13.7 Å². The van der Waals surface area contributed by atoms with Crippen LogP contribution in [0.3, 0.4) is 0 Å². The molecule has 1 atom stereocenters. The van der Waals surface area contributed by atoms with E-state index < -0.39 is 10.8 Å². The monoisotopic (exact) mass is 348 g/mol. The predicted octanol–water partition coefficient (Wildman–Crippen LogP) is 4.31. The average Bonchev–Trinajstić information content (AvgIpc) is 2.58. The van der Waals surface area contributed by atoms with E-state index in [-0.39, 0.29) is 0 Å². The topological polar surface area (TPSA) is 35.5 Å². The maximum Gasteiger partial charge on any atom is 0.168 e. The third-order valence-electron chi connectivity index (χ3n) is 3.21. The van der Waals surface area contributed by atoms with Crippen molar-refractivity contribution in [1.82, 2.24) is 0 Å². The van der Waals surface area contributed by atoms with Crippen LogP contribution < -0.4 is 9.47 Å². The number of hydrogen-bond acceptors (Lipinski definition) is 4. The maximum absolute atomic E-state index is 11.8. The van der Waals surface area contributed by atoms with Gasteiger partial charge in [-0.25, -0.2) is 0 Å². The summed E-state index contributed by atoms with van der Waals surface area (Å²) in [5.74, 6) is 1.33. The van der Waals surface area contributed by atoms with Crippen LogP contribution in [-0.2, 0) is 17.4 Å². The van der Waals surface area contributed by atoms with Crippen LogP contribution in [-0.4, -0.2) is 23.8 Å². The minimum Gasteiger partial charge on any atom is -0.493 e. The van der Waals surface area contributed by atoms with E-state index in [1.165, 1.54) is 11.8 Å². The Bertz CT molecular complexity index is 697. The molecule has 0 aromatic heterocycles. The van der Waals surface area contributed by atoms with Crippen molar-refractivity contribution in [3.63, 3.8) is 0 Å². The number of ether oxygens (including phenoxy) is 2. The highest BCUT2D eigenvalue weighted by molar-refractivity contribution is 8.16. The van der Waals surface area contributed by atoms with Gasteiger partial charge in [-0.3, -0.25) is 4.21 Å². The van der Waals surface area contributed by atoms with Gasteiger partial charge in [-0.2, -0.15) is 0 Å². The Balaban J connectivity index is 2.34. The molecule has 3 nitrogen and oxygen atoms in total. The van der Waals surface area contributed by atoms with Crippen LogP contribution in [0.4, 0.5) is 0 Å². The molecule has 1 unspecified atom stereocenters. The third kappa shape index (κ3) is 4.88. The lowest BCUT2D eigenvalue weighted by molar-refractivity contribution is 0.284. The average molecular weight is 348 g/mol. The number of para-hydroxylation sites is 1. The molecule has 122 valence electrons. The SMILES string of the molecule is COc1cccc(/C=C(/SC)S(C)=O)c1OCc1ccccc1. The van der Waals surface area contributed by atoms with Gasteiger partial charge in [0, 0.05) is 11.8 Å². The highest BCUT2D eigenvalue weighted by Crippen LogP contribution is 2.34. The summed E-state index contributed by atoms with van der Waals surface area (Å²) < 4.78 is 24.0. The number of methoxy groups -OCH3 is 1. The number of thioether (sulfide) groups is 1. The normalized spacial score (nSPS) is 12.7. The van der Waals surface area contributed by atoms with Gasteiger partial charge in [0.1, 0.15) is 6.61 Å². The molecule has 2 aromatic carbocycles. The summed E-state index contributed by atoms with van der Waals surface area (Å²) in [6, 6.07) is 15.7. The second-order valence-electron chi connectivity index (χ2n) is 4.77. The molecule has 0 aliphatic carbocycles. The van der Waals surface area contributed by atoms with Crippen LogP contribution in [0, 0.1) is 0 Å². The molecule has 0 heterocycles. The quantitative estimate of drug-likeness (QED) is 0.747. The maximum atomic E-state index is 11.8. The van der Waals surface area contributed by atoms with Gasteiger partial charge in [0.15, 0.2) is 11.5 Å². The van der Waals surface area contributed by atoms with Crippen molar-refractivity contribution in [3.8, 4) is 11.5 Å². The first-order valence-electron chi connectivity index (χ1n) is 7.08. The summed E-state index contributed by atoms with van der Waals surface area (Å²) in [5, 5.41) is 0. The lowest BCUT2D eigenvalue weighted by atomic mass is 10.2. The Morgan fingerprint density at radius 1 is 1.17 bits per heavy atom. The van der Waals surface area contributed by atoms with Crippen LogP contribution in [0.1, 0.15) is 11.1 Å². The van der Waals surface area contributed by atoms with Gasteiger partial charge in [0.2, 0.25) is 0 Å². The van der Waals surface area contributed by atoms with E-state index >= 15 is 0 Å². The van der Waals surface area contributed by atoms with Gasteiger partial charge in [-0.1, -0.05) is 42.5 Å². The first kappa shape index (κ1) is 17.6. The molecular weight excluding hydrogens is 328 g/mol. The number of rotatable bonds is 7. The Labute approximate surface area is 144 Å². The highest BCUT2D eigenvalue weighted by atomic mass is 32.2. The van der Waals surface area contributed by atoms with Gasteiger partial charge < -0.3 is 9.47 Å². The molecule has 0 amide bonds. The molecule has 0 bridgehead atoms. The van der Waals surface area contributed by atoms with E-state index in [0.717, 1.165) is 15.4 Å². The lowest BCUT2D eigenvalue weighted by Gasteiger charge is -2.14. The highest BCUT2D eigenvalue weighted by Gasteiger charge is 2.11. The molecule has 23 heavy (non-hydrogen) atoms. The zero-order valence-electron chi connectivity index (χ0n) is 13.4. The van der Waals surface area contributed by atoms with E-state index in [0.29, 0.717) is 18.1 Å². The minimum atomic E-state index is -1.03. The second-order valence-corrected chi connectivity index (χ2v) is 7.23. The first-order chi connectivity index (χ1) is 11.2. The standard InChI is InChI=1S/C18H20O3S2/c1-20-16-11-7-10-15(12-17(22-2)23(3)19)18(16)21-13-14-8-5-4-6-9-14/h4-12H,13H2,1-3H3/b17-12-. The molecule has 0 spiro atoms. The van der Waals surface area contributed by atoms with E-state index in [2.05, 4.69) is 0 Å². The molecule has 0 saturated carbocycles. The Kier molecular flexibility index (Phi) is 6.74. The molecule has 5 heteroatoms. The fraction of sp³-hybridized carbons (Fsp3) is 0.222. The van der Waals surface area contributed by atoms with Gasteiger partial charge >= 0.3 is 0 Å². The number of hydrogen-bond donors (Lipinski definition) is 0. The van der Waals surface area contributed by atoms with E-state index in [9.17, 15) is 4.21 Å². The van der Waals surface area contributed by atoms with E-state index in [1.54, 1.807) is 13.4 Å². The van der Waals surface area contributed by atoms with Gasteiger partial charge in [-0.15, -0.1) is 11.8 Å². The third-order valence-corrected chi connectivity index (χ3v) is 5.62. The molecular formula is C18H20O3S2. The van der Waals surface area contributed by atoms with Crippen LogP contribution in [0.5, 0.6) is 11.5 Å². The smallest absolute Gasteiger partial charge is 0.168 e. The zero-order chi connectivity index (χ0) is 16.7. The van der Waals surface area contributed by atoms with Gasteiger partial charge in [0.05, 0.1) is 22.1 Å². The molecule has 0 radical (unpaired) electrons. The van der Waals surface area contributed by atoms with Crippen LogP contribution in [0.2, 0.25) is 0 Å². The Hall–Kier alpha value is -1.72. The zero-order valence-corrected chi connectivity index (χ0v) is 15.1. The largest absolute Gasteiger partial charge is 0.493 e. The fourth-order valence-corrected chi connectivity index (χ4v) is 3.55. The number of benzene rings is 2. The Morgan fingerprint density at radius 2 is 1.91 bits per heavy atom. The molecule has 0 aliphatic heterocycles. The summed E-state index contributed by atoms with van der Waals surface area (Å²) in [6.45, 7) is 0.450. The van der Waals surface area contributed by atoms with E-state index in [1.807, 2.05) is 60.9 Å². The second kappa shape index (κ2) is 8.79. The van der Waals surface area contributed by atoms with E-state index in [4.69, 9.17) is 9.47 Å². The summed E-state index contributed by atoms with van der Waals surface area (Å²) in [5.41, 5.74) is 1.94. The van der Waals surface area contributed by atoms with Crippen LogP contribution >= 0.6 is 11.8 Å². The lowest BCUT2D eigenvalue weighted by Crippen LogP contribution is -2.00. The first-order valence-corrected chi connectivity index (χ1v) is 9.87. The summed E-state index contributed by atoms with van der Waals surface area (Å²) >= 11 is 1.47. The molecule has 0 N–H and O–H groups in total. The van der Waals surface area contributed by atoms with Crippen molar-refractivity contribution >= 4 is 28.6 Å². The molecule has 0 aliphatic rings. The molecule has 2 aromatic rings. The van der Waals surface area contributed by atoms with Crippen molar-refractivity contribution in [1.29, 1.82) is 0 Å². The molecule has 0 saturated heterocycles. The van der Waals surface area contributed by atoms with Crippen LogP contribution in [0.15, 0.2) is 52.8 Å². The van der Waals surface area contributed by atoms with Gasteiger partial charge in [-0.05, 0) is 24.0 Å². The minimum absolute atomic E-state index is 0.450. The summed E-state index contributed by atoms with van der Waals surface area (Å²) in [6.07, 6.45) is 5.48.